The van der Waals surface area contributed by atoms with Crippen LogP contribution in [0.15, 0.2) is 36.4 Å². The first-order valence-corrected chi connectivity index (χ1v) is 5.34. The number of hydrogen-bond acceptors (Lipinski definition) is 1. The van der Waals surface area contributed by atoms with E-state index in [0.29, 0.717) is 6.04 Å². The van der Waals surface area contributed by atoms with Crippen LogP contribution in [0.4, 0.5) is 0 Å². The second-order valence-corrected chi connectivity index (χ2v) is 3.77. The van der Waals surface area contributed by atoms with E-state index in [4.69, 9.17) is 0 Å². The Bertz CT molecular complexity index is 328. The fourth-order valence-corrected chi connectivity index (χ4v) is 2.10. The van der Waals surface area contributed by atoms with Gasteiger partial charge in [0.05, 0.1) is 0 Å². The van der Waals surface area contributed by atoms with Crippen molar-refractivity contribution in [1.29, 1.82) is 0 Å². The second kappa shape index (κ2) is 4.43. The molecule has 1 heteroatoms. The van der Waals surface area contributed by atoms with Crippen LogP contribution in [0.3, 0.4) is 0 Å². The van der Waals surface area contributed by atoms with E-state index in [-0.39, 0.29) is 0 Å². The normalized spacial score (nSPS) is 20.2. The summed E-state index contributed by atoms with van der Waals surface area (Å²) in [5.74, 6) is 0. The smallest absolute Gasteiger partial charge is 0.0328 e. The molecule has 0 heterocycles. The van der Waals surface area contributed by atoms with Crippen molar-refractivity contribution < 1.29 is 0 Å². The molecule has 0 fully saturated rings. The summed E-state index contributed by atoms with van der Waals surface area (Å²) >= 11 is 0. The number of fused-ring (bicyclic) bond motifs is 1. The molecule has 1 aliphatic carbocycles. The van der Waals surface area contributed by atoms with Crippen LogP contribution in [-0.4, -0.2) is 6.54 Å². The first-order valence-electron chi connectivity index (χ1n) is 5.34. The second-order valence-electron chi connectivity index (χ2n) is 3.77. The maximum Gasteiger partial charge on any atom is 0.0328 e. The van der Waals surface area contributed by atoms with Gasteiger partial charge in [-0.1, -0.05) is 36.4 Å². The summed E-state index contributed by atoms with van der Waals surface area (Å²) in [4.78, 5) is 0. The molecule has 0 saturated heterocycles. The first kappa shape index (κ1) is 9.47. The summed E-state index contributed by atoms with van der Waals surface area (Å²) in [6, 6.07) is 9.33. The van der Waals surface area contributed by atoms with E-state index >= 15 is 0 Å². The van der Waals surface area contributed by atoms with Crippen LogP contribution in [0.25, 0.3) is 0 Å². The maximum absolute atomic E-state index is 3.55. The van der Waals surface area contributed by atoms with Crippen molar-refractivity contribution in [3.63, 3.8) is 0 Å². The summed E-state index contributed by atoms with van der Waals surface area (Å²) in [7, 11) is 0. The quantitative estimate of drug-likeness (QED) is 0.717. The highest BCUT2D eigenvalue weighted by Crippen LogP contribution is 2.30. The lowest BCUT2D eigenvalue weighted by atomic mass is 10.1. The van der Waals surface area contributed by atoms with Gasteiger partial charge in [-0.15, -0.1) is 0 Å². The van der Waals surface area contributed by atoms with Gasteiger partial charge in [-0.25, -0.2) is 0 Å². The van der Waals surface area contributed by atoms with Crippen molar-refractivity contribution in [1.82, 2.24) is 5.32 Å². The van der Waals surface area contributed by atoms with Crippen molar-refractivity contribution >= 4 is 0 Å². The third-order valence-corrected chi connectivity index (χ3v) is 2.85. The van der Waals surface area contributed by atoms with Gasteiger partial charge >= 0.3 is 0 Å². The number of benzene rings is 1. The van der Waals surface area contributed by atoms with Crippen molar-refractivity contribution in [2.24, 2.45) is 0 Å². The summed E-state index contributed by atoms with van der Waals surface area (Å²) in [6.45, 7) is 3.04. The molecule has 0 spiro atoms. The van der Waals surface area contributed by atoms with Gasteiger partial charge in [0, 0.05) is 12.6 Å². The third kappa shape index (κ3) is 1.88. The number of hydrogen-bond donors (Lipinski definition) is 1. The van der Waals surface area contributed by atoms with E-state index in [9.17, 15) is 0 Å². The van der Waals surface area contributed by atoms with Crippen LogP contribution in [0, 0.1) is 0 Å². The average Bonchev–Trinajstić information content (AvgIpc) is 2.63. The molecule has 1 N–H and O–H groups in total. The van der Waals surface area contributed by atoms with Crippen LogP contribution in [-0.2, 0) is 6.42 Å². The summed E-state index contributed by atoms with van der Waals surface area (Å²) < 4.78 is 0. The fraction of sp³-hybridized carbons (Fsp3) is 0.385. The number of nitrogens with one attached hydrogen (secondary N) is 1. The summed E-state index contributed by atoms with van der Waals surface area (Å²) in [6.07, 6.45) is 6.73. The van der Waals surface area contributed by atoms with Gasteiger partial charge in [0.1, 0.15) is 0 Å². The molecule has 0 aliphatic heterocycles. The number of allylic oxidation sites excluding steroid dienone is 1. The van der Waals surface area contributed by atoms with Crippen LogP contribution >= 0.6 is 0 Å². The Morgan fingerprint density at radius 1 is 1.43 bits per heavy atom. The first-order chi connectivity index (χ1) is 6.92. The van der Waals surface area contributed by atoms with E-state index in [1.165, 1.54) is 24.0 Å². The molecule has 1 nitrogen and oxygen atoms in total. The molecule has 0 saturated carbocycles. The molecular weight excluding hydrogens is 170 g/mol. The predicted octanol–water partition coefficient (Wildman–Crippen LogP) is 2.84. The highest BCUT2D eigenvalue weighted by molar-refractivity contribution is 5.34. The molecule has 0 radical (unpaired) electrons. The molecular formula is C13H17N. The van der Waals surface area contributed by atoms with Gasteiger partial charge in [-0.3, -0.25) is 0 Å². The molecule has 0 bridgehead atoms. The Morgan fingerprint density at radius 2 is 2.29 bits per heavy atom. The van der Waals surface area contributed by atoms with Gasteiger partial charge in [0.15, 0.2) is 0 Å². The maximum atomic E-state index is 3.55. The lowest BCUT2D eigenvalue weighted by Gasteiger charge is -2.11. The molecule has 74 valence electrons. The minimum Gasteiger partial charge on any atom is -0.306 e. The molecule has 1 aromatic carbocycles. The Morgan fingerprint density at radius 3 is 3.14 bits per heavy atom. The molecule has 1 aliphatic rings. The molecule has 1 aromatic rings. The largest absolute Gasteiger partial charge is 0.306 e. The van der Waals surface area contributed by atoms with Gasteiger partial charge < -0.3 is 5.32 Å². The molecule has 0 aromatic heterocycles. The van der Waals surface area contributed by atoms with Crippen LogP contribution in [0.2, 0.25) is 0 Å². The monoisotopic (exact) mass is 187 g/mol. The highest BCUT2D eigenvalue weighted by Gasteiger charge is 2.20. The van der Waals surface area contributed by atoms with Crippen LogP contribution < -0.4 is 5.32 Å². The molecule has 2 rings (SSSR count). The Kier molecular flexibility index (Phi) is 3.00. The van der Waals surface area contributed by atoms with E-state index in [2.05, 4.69) is 48.7 Å². The van der Waals surface area contributed by atoms with Crippen molar-refractivity contribution in [3.05, 3.63) is 47.5 Å². The van der Waals surface area contributed by atoms with E-state index in [1.807, 2.05) is 0 Å². The average molecular weight is 187 g/mol. The van der Waals surface area contributed by atoms with Gasteiger partial charge in [0.2, 0.25) is 0 Å². The zero-order chi connectivity index (χ0) is 9.80. The Hall–Kier alpha value is -1.08. The minimum absolute atomic E-state index is 0.572. The Balaban J connectivity index is 2.03. The number of rotatable bonds is 3. The molecule has 1 atom stereocenters. The van der Waals surface area contributed by atoms with E-state index < -0.39 is 0 Å². The van der Waals surface area contributed by atoms with E-state index in [1.54, 1.807) is 0 Å². The lowest BCUT2D eigenvalue weighted by Crippen LogP contribution is -2.18. The summed E-state index contributed by atoms with van der Waals surface area (Å²) in [5.41, 5.74) is 3.02. The predicted molar refractivity (Wildman–Crippen MR) is 60.3 cm³/mol. The van der Waals surface area contributed by atoms with E-state index in [0.717, 1.165) is 6.54 Å². The summed E-state index contributed by atoms with van der Waals surface area (Å²) in [5, 5.41) is 3.55. The standard InChI is InChI=1S/C13H17N/c1-2-3-10-14-13-9-8-11-6-4-5-7-12(11)13/h2-7,13-14H,8-10H2,1H3/b3-2-/t13-/m1/s1. The van der Waals surface area contributed by atoms with Crippen LogP contribution in [0.1, 0.15) is 30.5 Å². The number of aryl methyl sites for hydroxylation is 1. The lowest BCUT2D eigenvalue weighted by molar-refractivity contribution is 0.564. The zero-order valence-corrected chi connectivity index (χ0v) is 8.66. The molecule has 0 unspecified atom stereocenters. The third-order valence-electron chi connectivity index (χ3n) is 2.85. The van der Waals surface area contributed by atoms with Crippen LogP contribution in [0.5, 0.6) is 0 Å². The highest BCUT2D eigenvalue weighted by atomic mass is 14.9. The minimum atomic E-state index is 0.572. The van der Waals surface area contributed by atoms with Gasteiger partial charge in [-0.2, -0.15) is 0 Å². The van der Waals surface area contributed by atoms with Crippen molar-refractivity contribution in [3.8, 4) is 0 Å². The zero-order valence-electron chi connectivity index (χ0n) is 8.66. The fourth-order valence-electron chi connectivity index (χ4n) is 2.10. The van der Waals surface area contributed by atoms with Crippen molar-refractivity contribution in [2.45, 2.75) is 25.8 Å². The topological polar surface area (TPSA) is 12.0 Å². The van der Waals surface area contributed by atoms with Gasteiger partial charge in [-0.05, 0) is 30.9 Å². The SMILES string of the molecule is C/C=C\CN[C@@H]1CCc2ccccc21. The molecule has 0 amide bonds. The molecule has 14 heavy (non-hydrogen) atoms. The van der Waals surface area contributed by atoms with Crippen molar-refractivity contribution in [2.75, 3.05) is 6.54 Å². The van der Waals surface area contributed by atoms with Gasteiger partial charge in [0.25, 0.3) is 0 Å². The Labute approximate surface area is 85.8 Å².